The minimum atomic E-state index is -2.41. The second-order valence-electron chi connectivity index (χ2n) is 4.52. The molecule has 0 unspecified atom stereocenters. The molecule has 0 saturated carbocycles. The Kier molecular flexibility index (Phi) is 4.13. The zero-order valence-corrected chi connectivity index (χ0v) is 12.7. The molecule has 0 aliphatic rings. The van der Waals surface area contributed by atoms with Crippen molar-refractivity contribution in [1.29, 1.82) is 0 Å². The molecule has 0 atom stereocenters. The van der Waals surface area contributed by atoms with E-state index in [1.807, 2.05) is 53.9 Å². The standard InChI is InChI=1S/C16H12NO2S2/c18-21(19)11-12-5-4-8-14(9-12)16-17-15(10-20-16)13-6-2-1-3-7-13/h2-10,21H,11H2. The second kappa shape index (κ2) is 6.20. The molecule has 1 heterocycles. The lowest BCUT2D eigenvalue weighted by molar-refractivity contribution is 0.614. The van der Waals surface area contributed by atoms with Gasteiger partial charge in [-0.2, -0.15) is 0 Å². The SMILES string of the molecule is O=[SH](=O)Cc1cccc(-c2nc(-c3cc[c]cc3)cs2)c1. The molecule has 21 heavy (non-hydrogen) atoms. The number of hydrogen-bond acceptors (Lipinski definition) is 4. The first-order valence-electron chi connectivity index (χ1n) is 6.35. The molecule has 0 saturated heterocycles. The number of nitrogens with zero attached hydrogens (tertiary/aromatic N) is 1. The van der Waals surface area contributed by atoms with Crippen molar-refractivity contribution in [2.75, 3.05) is 0 Å². The molecule has 5 heteroatoms. The summed E-state index contributed by atoms with van der Waals surface area (Å²) in [6.07, 6.45) is 0. The lowest BCUT2D eigenvalue weighted by Crippen LogP contribution is -1.87. The molecule has 3 nitrogen and oxygen atoms in total. The van der Waals surface area contributed by atoms with Gasteiger partial charge >= 0.3 is 0 Å². The van der Waals surface area contributed by atoms with Crippen molar-refractivity contribution in [2.24, 2.45) is 0 Å². The predicted octanol–water partition coefficient (Wildman–Crippen LogP) is 3.39. The van der Waals surface area contributed by atoms with Crippen LogP contribution in [0.25, 0.3) is 21.8 Å². The van der Waals surface area contributed by atoms with Crippen LogP contribution in [0.15, 0.2) is 53.9 Å². The summed E-state index contributed by atoms with van der Waals surface area (Å²) < 4.78 is 21.7. The highest BCUT2D eigenvalue weighted by Gasteiger charge is 2.07. The number of thiol groups is 1. The fourth-order valence-corrected chi connectivity index (χ4v) is 3.37. The van der Waals surface area contributed by atoms with Crippen LogP contribution >= 0.6 is 11.3 Å². The Morgan fingerprint density at radius 1 is 1.10 bits per heavy atom. The predicted molar refractivity (Wildman–Crippen MR) is 85.8 cm³/mol. The van der Waals surface area contributed by atoms with Gasteiger partial charge in [-0.25, -0.2) is 13.4 Å². The van der Waals surface area contributed by atoms with Gasteiger partial charge in [-0.05, 0) is 17.7 Å². The quantitative estimate of drug-likeness (QED) is 0.751. The van der Waals surface area contributed by atoms with E-state index in [0.717, 1.165) is 27.4 Å². The van der Waals surface area contributed by atoms with E-state index in [0.29, 0.717) is 0 Å². The molecule has 0 amide bonds. The summed E-state index contributed by atoms with van der Waals surface area (Å²) in [7, 11) is -2.41. The molecule has 0 bridgehead atoms. The van der Waals surface area contributed by atoms with Gasteiger partial charge in [0.1, 0.15) is 15.7 Å². The molecule has 0 fully saturated rings. The topological polar surface area (TPSA) is 47.0 Å². The number of benzene rings is 2. The third-order valence-electron chi connectivity index (χ3n) is 3.00. The molecule has 3 aromatic rings. The van der Waals surface area contributed by atoms with E-state index < -0.39 is 10.7 Å². The summed E-state index contributed by atoms with van der Waals surface area (Å²) in [5.41, 5.74) is 3.71. The molecule has 0 aliphatic heterocycles. The Balaban J connectivity index is 1.93. The lowest BCUT2D eigenvalue weighted by atomic mass is 10.1. The summed E-state index contributed by atoms with van der Waals surface area (Å²) in [6.45, 7) is 0. The maximum Gasteiger partial charge on any atom is 0.144 e. The van der Waals surface area contributed by atoms with E-state index >= 15 is 0 Å². The van der Waals surface area contributed by atoms with E-state index in [1.54, 1.807) is 11.3 Å². The van der Waals surface area contributed by atoms with Crippen molar-refractivity contribution in [3.8, 4) is 21.8 Å². The summed E-state index contributed by atoms with van der Waals surface area (Å²) >= 11 is 1.55. The van der Waals surface area contributed by atoms with E-state index in [1.165, 1.54) is 0 Å². The lowest BCUT2D eigenvalue weighted by Gasteiger charge is -2.00. The first-order chi connectivity index (χ1) is 10.2. The largest absolute Gasteiger partial charge is 0.236 e. The first kappa shape index (κ1) is 14.0. The fraction of sp³-hybridized carbons (Fsp3) is 0.0625. The molecule has 105 valence electrons. The van der Waals surface area contributed by atoms with Crippen LogP contribution in [-0.4, -0.2) is 13.4 Å². The summed E-state index contributed by atoms with van der Waals surface area (Å²) in [4.78, 5) is 4.62. The van der Waals surface area contributed by atoms with Gasteiger partial charge in [0.2, 0.25) is 0 Å². The van der Waals surface area contributed by atoms with Crippen LogP contribution in [0, 0.1) is 6.07 Å². The summed E-state index contributed by atoms with van der Waals surface area (Å²) in [5.74, 6) is 0.0654. The third kappa shape index (κ3) is 3.37. The van der Waals surface area contributed by atoms with Gasteiger partial charge in [0.25, 0.3) is 0 Å². The van der Waals surface area contributed by atoms with Crippen LogP contribution in [0.5, 0.6) is 0 Å². The van der Waals surface area contributed by atoms with Gasteiger partial charge in [-0.1, -0.05) is 42.5 Å². The average Bonchev–Trinajstić information content (AvgIpc) is 2.98. The van der Waals surface area contributed by atoms with Gasteiger partial charge in [0.15, 0.2) is 0 Å². The smallest absolute Gasteiger partial charge is 0.144 e. The van der Waals surface area contributed by atoms with Crippen molar-refractivity contribution in [3.63, 3.8) is 0 Å². The van der Waals surface area contributed by atoms with Gasteiger partial charge in [0.05, 0.1) is 11.4 Å². The van der Waals surface area contributed by atoms with Crippen molar-refractivity contribution in [3.05, 3.63) is 65.5 Å². The summed E-state index contributed by atoms with van der Waals surface area (Å²) in [6, 6.07) is 18.2. The zero-order chi connectivity index (χ0) is 14.7. The highest BCUT2D eigenvalue weighted by atomic mass is 32.2. The Hall–Kier alpha value is -1.98. The Morgan fingerprint density at radius 2 is 1.90 bits per heavy atom. The molecular weight excluding hydrogens is 302 g/mol. The zero-order valence-electron chi connectivity index (χ0n) is 11.0. The number of rotatable bonds is 4. The van der Waals surface area contributed by atoms with Gasteiger partial charge in [-0.15, -0.1) is 11.3 Å². The Labute approximate surface area is 128 Å². The maximum absolute atomic E-state index is 10.8. The van der Waals surface area contributed by atoms with Crippen LogP contribution < -0.4 is 0 Å². The van der Waals surface area contributed by atoms with E-state index in [2.05, 4.69) is 11.1 Å². The highest BCUT2D eigenvalue weighted by molar-refractivity contribution is 7.71. The first-order valence-corrected chi connectivity index (χ1v) is 8.60. The van der Waals surface area contributed by atoms with Crippen molar-refractivity contribution in [1.82, 2.24) is 4.98 Å². The summed E-state index contributed by atoms with van der Waals surface area (Å²) in [5, 5.41) is 2.90. The molecule has 1 radical (unpaired) electrons. The van der Waals surface area contributed by atoms with Crippen molar-refractivity contribution in [2.45, 2.75) is 5.75 Å². The molecule has 3 rings (SSSR count). The minimum Gasteiger partial charge on any atom is -0.236 e. The van der Waals surface area contributed by atoms with Crippen LogP contribution in [0.3, 0.4) is 0 Å². The van der Waals surface area contributed by atoms with E-state index in [4.69, 9.17) is 0 Å². The third-order valence-corrected chi connectivity index (χ3v) is 4.52. The molecule has 1 aromatic heterocycles. The molecule has 0 aliphatic carbocycles. The van der Waals surface area contributed by atoms with Gasteiger partial charge in [-0.3, -0.25) is 0 Å². The minimum absolute atomic E-state index is 0.0654. The van der Waals surface area contributed by atoms with E-state index in [-0.39, 0.29) is 5.75 Å². The number of hydrogen-bond donors (Lipinski definition) is 1. The molecule has 0 spiro atoms. The Bertz CT molecular complexity index is 815. The average molecular weight is 314 g/mol. The monoisotopic (exact) mass is 314 g/mol. The van der Waals surface area contributed by atoms with Crippen molar-refractivity contribution >= 4 is 22.0 Å². The molecular formula is C16H12NO2S2. The molecule has 0 N–H and O–H groups in total. The van der Waals surface area contributed by atoms with Crippen LogP contribution in [0.2, 0.25) is 0 Å². The molecule has 2 aromatic carbocycles. The van der Waals surface area contributed by atoms with Crippen LogP contribution in [0.4, 0.5) is 0 Å². The normalized spacial score (nSPS) is 10.9. The Morgan fingerprint density at radius 3 is 2.67 bits per heavy atom. The van der Waals surface area contributed by atoms with Crippen LogP contribution in [0.1, 0.15) is 5.56 Å². The fourth-order valence-electron chi connectivity index (χ4n) is 2.05. The van der Waals surface area contributed by atoms with Crippen LogP contribution in [-0.2, 0) is 16.5 Å². The van der Waals surface area contributed by atoms with Gasteiger partial charge < -0.3 is 0 Å². The number of thiazole rings is 1. The van der Waals surface area contributed by atoms with E-state index in [9.17, 15) is 8.42 Å². The second-order valence-corrected chi connectivity index (χ2v) is 6.36. The maximum atomic E-state index is 10.8. The highest BCUT2D eigenvalue weighted by Crippen LogP contribution is 2.29. The number of aromatic nitrogens is 1. The van der Waals surface area contributed by atoms with Gasteiger partial charge in [0, 0.05) is 16.5 Å². The van der Waals surface area contributed by atoms with Crippen molar-refractivity contribution < 1.29 is 8.42 Å².